The van der Waals surface area contributed by atoms with Crippen LogP contribution < -0.4 is 10.0 Å². The van der Waals surface area contributed by atoms with Crippen molar-refractivity contribution in [3.63, 3.8) is 0 Å². The van der Waals surface area contributed by atoms with Crippen LogP contribution in [0.1, 0.15) is 28.9 Å². The number of amides is 1. The first-order valence-electron chi connectivity index (χ1n) is 8.54. The van der Waals surface area contributed by atoms with Crippen LogP contribution in [0.15, 0.2) is 46.0 Å². The summed E-state index contributed by atoms with van der Waals surface area (Å²) in [6.07, 6.45) is 3.75. The van der Waals surface area contributed by atoms with Gasteiger partial charge in [-0.25, -0.2) is 13.1 Å². The van der Waals surface area contributed by atoms with Crippen LogP contribution in [0, 0.1) is 0 Å². The molecule has 2 aromatic rings. The van der Waals surface area contributed by atoms with E-state index in [4.69, 9.17) is 4.52 Å². The molecule has 1 aromatic heterocycles. The Hall–Kier alpha value is -2.23. The number of hydrogen-bond acceptors (Lipinski definition) is 6. The standard InChI is InChI=1S/C17H22N4O4S/c22-17(18-13-15-6-11-25-20-15)14-4-3-5-16(12-14)26(23,24)19-7-10-21-8-1-2-9-21/h3-6,11-12,19H,1-2,7-10,13H2,(H,18,22). The van der Waals surface area contributed by atoms with Gasteiger partial charge in [0, 0.05) is 24.7 Å². The van der Waals surface area contributed by atoms with Gasteiger partial charge in [-0.15, -0.1) is 0 Å². The monoisotopic (exact) mass is 378 g/mol. The van der Waals surface area contributed by atoms with Crippen LogP contribution in [-0.2, 0) is 16.6 Å². The van der Waals surface area contributed by atoms with Crippen molar-refractivity contribution < 1.29 is 17.7 Å². The summed E-state index contributed by atoms with van der Waals surface area (Å²) in [5, 5.41) is 6.38. The predicted molar refractivity (Wildman–Crippen MR) is 95.0 cm³/mol. The molecule has 9 heteroatoms. The highest BCUT2D eigenvalue weighted by atomic mass is 32.2. The van der Waals surface area contributed by atoms with Crippen molar-refractivity contribution in [1.29, 1.82) is 0 Å². The molecule has 1 fully saturated rings. The van der Waals surface area contributed by atoms with E-state index in [1.807, 2.05) is 0 Å². The first-order valence-corrected chi connectivity index (χ1v) is 10.0. The maximum Gasteiger partial charge on any atom is 0.251 e. The summed E-state index contributed by atoms with van der Waals surface area (Å²) in [6, 6.07) is 7.62. The van der Waals surface area contributed by atoms with Gasteiger partial charge in [0.1, 0.15) is 12.0 Å². The summed E-state index contributed by atoms with van der Waals surface area (Å²) >= 11 is 0. The molecule has 8 nitrogen and oxygen atoms in total. The highest BCUT2D eigenvalue weighted by Gasteiger charge is 2.17. The van der Waals surface area contributed by atoms with Crippen LogP contribution in [0.5, 0.6) is 0 Å². The van der Waals surface area contributed by atoms with Crippen LogP contribution in [-0.4, -0.2) is 50.6 Å². The van der Waals surface area contributed by atoms with Gasteiger partial charge in [0.25, 0.3) is 5.91 Å². The van der Waals surface area contributed by atoms with Crippen LogP contribution in [0.4, 0.5) is 0 Å². The zero-order chi connectivity index (χ0) is 18.4. The number of likely N-dealkylation sites (tertiary alicyclic amines) is 1. The normalized spacial score (nSPS) is 15.2. The number of aromatic nitrogens is 1. The summed E-state index contributed by atoms with van der Waals surface area (Å²) in [5.74, 6) is -0.373. The van der Waals surface area contributed by atoms with Gasteiger partial charge in [-0.05, 0) is 44.1 Å². The second-order valence-corrected chi connectivity index (χ2v) is 7.91. The Morgan fingerprint density at radius 3 is 2.77 bits per heavy atom. The number of nitrogens with one attached hydrogen (secondary N) is 2. The molecule has 0 radical (unpaired) electrons. The van der Waals surface area contributed by atoms with Gasteiger partial charge in [-0.1, -0.05) is 11.2 Å². The summed E-state index contributed by atoms with van der Waals surface area (Å²) < 4.78 is 32.2. The molecule has 2 heterocycles. The zero-order valence-corrected chi connectivity index (χ0v) is 15.2. The lowest BCUT2D eigenvalue weighted by Gasteiger charge is -2.15. The van der Waals surface area contributed by atoms with E-state index in [1.165, 1.54) is 18.4 Å². The third-order valence-electron chi connectivity index (χ3n) is 4.25. The minimum Gasteiger partial charge on any atom is -0.364 e. The highest BCUT2D eigenvalue weighted by molar-refractivity contribution is 7.89. The largest absolute Gasteiger partial charge is 0.364 e. The summed E-state index contributed by atoms with van der Waals surface area (Å²) in [5.41, 5.74) is 0.863. The fourth-order valence-electron chi connectivity index (χ4n) is 2.83. The highest BCUT2D eigenvalue weighted by Crippen LogP contribution is 2.12. The summed E-state index contributed by atoms with van der Waals surface area (Å²) in [6.45, 7) is 3.29. The first-order chi connectivity index (χ1) is 12.5. The van der Waals surface area contributed by atoms with Crippen LogP contribution >= 0.6 is 0 Å². The van der Waals surface area contributed by atoms with Crippen molar-refractivity contribution >= 4 is 15.9 Å². The summed E-state index contributed by atoms with van der Waals surface area (Å²) in [4.78, 5) is 14.5. The van der Waals surface area contributed by atoms with Crippen molar-refractivity contribution in [1.82, 2.24) is 20.1 Å². The number of benzene rings is 1. The minimum absolute atomic E-state index is 0.0769. The Bertz CT molecular complexity index is 830. The molecule has 3 rings (SSSR count). The van der Waals surface area contributed by atoms with E-state index < -0.39 is 10.0 Å². The minimum atomic E-state index is -3.65. The first kappa shape index (κ1) is 18.6. The van der Waals surface area contributed by atoms with E-state index in [9.17, 15) is 13.2 Å². The molecule has 0 atom stereocenters. The number of carbonyl (C=O) groups is 1. The fraction of sp³-hybridized carbons (Fsp3) is 0.412. The smallest absolute Gasteiger partial charge is 0.251 e. The van der Waals surface area contributed by atoms with Gasteiger partial charge >= 0.3 is 0 Å². The van der Waals surface area contributed by atoms with E-state index in [2.05, 4.69) is 20.1 Å². The second kappa shape index (κ2) is 8.43. The van der Waals surface area contributed by atoms with Crippen molar-refractivity contribution in [2.75, 3.05) is 26.2 Å². The molecule has 1 aromatic carbocycles. The van der Waals surface area contributed by atoms with Crippen molar-refractivity contribution in [3.8, 4) is 0 Å². The third-order valence-corrected chi connectivity index (χ3v) is 5.71. The molecule has 1 saturated heterocycles. The Morgan fingerprint density at radius 2 is 2.04 bits per heavy atom. The molecule has 0 bridgehead atoms. The van der Waals surface area contributed by atoms with E-state index in [0.717, 1.165) is 25.9 Å². The van der Waals surface area contributed by atoms with Crippen LogP contribution in [0.3, 0.4) is 0 Å². The maximum absolute atomic E-state index is 12.4. The van der Waals surface area contributed by atoms with Gasteiger partial charge in [0.05, 0.1) is 11.4 Å². The predicted octanol–water partition coefficient (Wildman–Crippen LogP) is 0.979. The Balaban J connectivity index is 1.58. The van der Waals surface area contributed by atoms with Gasteiger partial charge in [0.2, 0.25) is 10.0 Å². The van der Waals surface area contributed by atoms with E-state index in [-0.39, 0.29) is 22.9 Å². The van der Waals surface area contributed by atoms with Crippen molar-refractivity contribution in [2.24, 2.45) is 0 Å². The number of rotatable bonds is 8. The molecular formula is C17H22N4O4S. The SMILES string of the molecule is O=C(NCc1ccon1)c1cccc(S(=O)(=O)NCCN2CCCC2)c1. The number of hydrogen-bond donors (Lipinski definition) is 2. The molecule has 0 spiro atoms. The second-order valence-electron chi connectivity index (χ2n) is 6.15. The quantitative estimate of drug-likeness (QED) is 0.710. The Labute approximate surface area is 152 Å². The van der Waals surface area contributed by atoms with Gasteiger partial charge in [-0.3, -0.25) is 4.79 Å². The molecule has 0 unspecified atom stereocenters. The maximum atomic E-state index is 12.4. The molecule has 0 saturated carbocycles. The lowest BCUT2D eigenvalue weighted by atomic mass is 10.2. The molecular weight excluding hydrogens is 356 g/mol. The summed E-state index contributed by atoms with van der Waals surface area (Å²) in [7, 11) is -3.65. The lowest BCUT2D eigenvalue weighted by molar-refractivity contribution is 0.0950. The van der Waals surface area contributed by atoms with Crippen LogP contribution in [0.2, 0.25) is 0 Å². The Morgan fingerprint density at radius 1 is 1.23 bits per heavy atom. The molecule has 1 aliphatic heterocycles. The van der Waals surface area contributed by atoms with Gasteiger partial charge in [-0.2, -0.15) is 0 Å². The molecule has 26 heavy (non-hydrogen) atoms. The third kappa shape index (κ3) is 4.90. The Kier molecular flexibility index (Phi) is 6.02. The lowest BCUT2D eigenvalue weighted by Crippen LogP contribution is -2.33. The van der Waals surface area contributed by atoms with E-state index in [1.54, 1.807) is 18.2 Å². The topological polar surface area (TPSA) is 105 Å². The average molecular weight is 378 g/mol. The van der Waals surface area contributed by atoms with Gasteiger partial charge in [0.15, 0.2) is 0 Å². The molecule has 0 aliphatic carbocycles. The fourth-order valence-corrected chi connectivity index (χ4v) is 3.90. The number of nitrogens with zero attached hydrogens (tertiary/aromatic N) is 2. The average Bonchev–Trinajstić information content (AvgIpc) is 3.33. The van der Waals surface area contributed by atoms with Crippen molar-refractivity contribution in [2.45, 2.75) is 24.3 Å². The van der Waals surface area contributed by atoms with E-state index >= 15 is 0 Å². The molecule has 140 valence electrons. The molecule has 1 aliphatic rings. The number of sulfonamides is 1. The molecule has 1 amide bonds. The van der Waals surface area contributed by atoms with Crippen molar-refractivity contribution in [3.05, 3.63) is 47.9 Å². The van der Waals surface area contributed by atoms with E-state index in [0.29, 0.717) is 18.8 Å². The van der Waals surface area contributed by atoms with Crippen LogP contribution in [0.25, 0.3) is 0 Å². The molecule has 2 N–H and O–H groups in total. The zero-order valence-electron chi connectivity index (χ0n) is 14.3. The number of carbonyl (C=O) groups excluding carboxylic acids is 1. The van der Waals surface area contributed by atoms with Gasteiger partial charge < -0.3 is 14.7 Å².